The van der Waals surface area contributed by atoms with E-state index in [1.807, 2.05) is 13.8 Å². The Bertz CT molecular complexity index is 305. The van der Waals surface area contributed by atoms with Crippen molar-refractivity contribution in [1.82, 2.24) is 5.32 Å². The fourth-order valence-electron chi connectivity index (χ4n) is 2.19. The highest BCUT2D eigenvalue weighted by atomic mass is 32.1. The first-order valence-corrected chi connectivity index (χ1v) is 6.40. The van der Waals surface area contributed by atoms with Gasteiger partial charge in [0.2, 0.25) is 5.91 Å². The quantitative estimate of drug-likeness (QED) is 0.731. The third-order valence-corrected chi connectivity index (χ3v) is 3.67. The SMILES string of the molecule is COC(C)(C)CC(=O)NC1CCCC1C(N)=S. The van der Waals surface area contributed by atoms with E-state index >= 15 is 0 Å². The molecule has 2 atom stereocenters. The van der Waals surface area contributed by atoms with Gasteiger partial charge in [0.25, 0.3) is 0 Å². The lowest BCUT2D eigenvalue weighted by molar-refractivity contribution is -0.126. The van der Waals surface area contributed by atoms with Crippen LogP contribution in [0.15, 0.2) is 0 Å². The number of carbonyl (C=O) groups is 1. The molecule has 5 heteroatoms. The van der Waals surface area contributed by atoms with Crippen LogP contribution in [0.4, 0.5) is 0 Å². The zero-order chi connectivity index (χ0) is 13.1. The van der Waals surface area contributed by atoms with Crippen LogP contribution in [0.5, 0.6) is 0 Å². The van der Waals surface area contributed by atoms with Crippen LogP contribution in [0.1, 0.15) is 39.5 Å². The van der Waals surface area contributed by atoms with Gasteiger partial charge in [-0.15, -0.1) is 0 Å². The van der Waals surface area contributed by atoms with Gasteiger partial charge in [-0.05, 0) is 26.7 Å². The van der Waals surface area contributed by atoms with Crippen molar-refractivity contribution in [2.45, 2.75) is 51.2 Å². The Morgan fingerprint density at radius 2 is 2.18 bits per heavy atom. The summed E-state index contributed by atoms with van der Waals surface area (Å²) in [6, 6.07) is 0.104. The molecule has 1 aliphatic carbocycles. The summed E-state index contributed by atoms with van der Waals surface area (Å²) >= 11 is 5.02. The molecule has 1 rings (SSSR count). The molecular formula is C12H22N2O2S. The van der Waals surface area contributed by atoms with Crippen molar-refractivity contribution in [1.29, 1.82) is 0 Å². The molecule has 1 amide bonds. The molecule has 0 spiro atoms. The summed E-state index contributed by atoms with van der Waals surface area (Å²) in [6.45, 7) is 3.79. The second-order valence-electron chi connectivity index (χ2n) is 5.25. The van der Waals surface area contributed by atoms with Crippen LogP contribution in [-0.2, 0) is 9.53 Å². The molecule has 0 radical (unpaired) electrons. The largest absolute Gasteiger partial charge is 0.393 e. The molecule has 17 heavy (non-hydrogen) atoms. The number of hydrogen-bond donors (Lipinski definition) is 2. The monoisotopic (exact) mass is 258 g/mol. The fourth-order valence-corrected chi connectivity index (χ4v) is 2.47. The molecule has 1 aliphatic rings. The van der Waals surface area contributed by atoms with Gasteiger partial charge >= 0.3 is 0 Å². The van der Waals surface area contributed by atoms with Gasteiger partial charge in [0.15, 0.2) is 0 Å². The zero-order valence-electron chi connectivity index (χ0n) is 10.8. The van der Waals surface area contributed by atoms with Gasteiger partial charge in [-0.3, -0.25) is 4.79 Å². The van der Waals surface area contributed by atoms with E-state index in [9.17, 15) is 4.79 Å². The summed E-state index contributed by atoms with van der Waals surface area (Å²) in [6.07, 6.45) is 3.36. The molecule has 0 aromatic rings. The number of thiocarbonyl (C=S) groups is 1. The van der Waals surface area contributed by atoms with Crippen molar-refractivity contribution in [3.8, 4) is 0 Å². The molecule has 98 valence electrons. The number of hydrogen-bond acceptors (Lipinski definition) is 3. The Balaban J connectivity index is 2.48. The molecule has 2 unspecified atom stereocenters. The molecule has 0 saturated heterocycles. The molecule has 0 aliphatic heterocycles. The maximum Gasteiger partial charge on any atom is 0.223 e. The van der Waals surface area contributed by atoms with Gasteiger partial charge in [0.1, 0.15) is 0 Å². The molecule has 0 aromatic heterocycles. The number of carbonyl (C=O) groups excluding carboxylic acids is 1. The van der Waals surface area contributed by atoms with Gasteiger partial charge in [0.05, 0.1) is 17.0 Å². The predicted octanol–water partition coefficient (Wildman–Crippen LogP) is 1.37. The highest BCUT2D eigenvalue weighted by molar-refractivity contribution is 7.80. The number of amides is 1. The summed E-state index contributed by atoms with van der Waals surface area (Å²) < 4.78 is 5.24. The standard InChI is InChI=1S/C12H22N2O2S/c1-12(2,16-3)7-10(15)14-9-6-4-5-8(9)11(13)17/h8-9H,4-7H2,1-3H3,(H2,13,17)(H,14,15). The smallest absolute Gasteiger partial charge is 0.223 e. The minimum absolute atomic E-state index is 0.00463. The summed E-state index contributed by atoms with van der Waals surface area (Å²) in [7, 11) is 1.61. The normalized spacial score (nSPS) is 24.6. The molecule has 4 nitrogen and oxygen atoms in total. The van der Waals surface area contributed by atoms with Gasteiger partial charge in [-0.1, -0.05) is 18.6 Å². The van der Waals surface area contributed by atoms with Crippen LogP contribution in [0.3, 0.4) is 0 Å². The fraction of sp³-hybridized carbons (Fsp3) is 0.833. The van der Waals surface area contributed by atoms with Crippen molar-refractivity contribution in [2.24, 2.45) is 11.7 Å². The second-order valence-corrected chi connectivity index (χ2v) is 5.73. The lowest BCUT2D eigenvalue weighted by atomic mass is 10.0. The average molecular weight is 258 g/mol. The lowest BCUT2D eigenvalue weighted by Crippen LogP contribution is -2.44. The molecule has 0 bridgehead atoms. The summed E-state index contributed by atoms with van der Waals surface area (Å²) in [5.74, 6) is 0.157. The minimum atomic E-state index is -0.429. The number of methoxy groups -OCH3 is 1. The van der Waals surface area contributed by atoms with Crippen LogP contribution in [0.25, 0.3) is 0 Å². The first kappa shape index (κ1) is 14.4. The van der Waals surface area contributed by atoms with E-state index in [0.29, 0.717) is 11.4 Å². The first-order chi connectivity index (χ1) is 7.85. The third-order valence-electron chi connectivity index (χ3n) is 3.37. The third kappa shape index (κ3) is 4.24. The van der Waals surface area contributed by atoms with E-state index in [-0.39, 0.29) is 17.9 Å². The Labute approximate surface area is 108 Å². The number of ether oxygens (including phenoxy) is 1. The number of nitrogens with two attached hydrogens (primary N) is 1. The van der Waals surface area contributed by atoms with Crippen LogP contribution >= 0.6 is 12.2 Å². The Hall–Kier alpha value is -0.680. The van der Waals surface area contributed by atoms with Gasteiger partial charge < -0.3 is 15.8 Å². The maximum atomic E-state index is 11.9. The van der Waals surface area contributed by atoms with Crippen molar-refractivity contribution >= 4 is 23.1 Å². The molecule has 3 N–H and O–H groups in total. The predicted molar refractivity (Wildman–Crippen MR) is 71.8 cm³/mol. The molecule has 1 fully saturated rings. The van der Waals surface area contributed by atoms with Gasteiger partial charge in [-0.25, -0.2) is 0 Å². The summed E-state index contributed by atoms with van der Waals surface area (Å²) in [5, 5.41) is 3.01. The molecule has 0 aromatic carbocycles. The molecular weight excluding hydrogens is 236 g/mol. The second kappa shape index (κ2) is 5.78. The Kier molecular flexibility index (Phi) is 4.89. The van der Waals surface area contributed by atoms with E-state index in [2.05, 4.69) is 5.32 Å². The van der Waals surface area contributed by atoms with Crippen molar-refractivity contribution in [3.05, 3.63) is 0 Å². The van der Waals surface area contributed by atoms with Crippen LogP contribution < -0.4 is 11.1 Å². The van der Waals surface area contributed by atoms with E-state index in [1.165, 1.54) is 0 Å². The number of nitrogens with one attached hydrogen (secondary N) is 1. The maximum absolute atomic E-state index is 11.9. The highest BCUT2D eigenvalue weighted by Gasteiger charge is 2.31. The van der Waals surface area contributed by atoms with Crippen LogP contribution in [0.2, 0.25) is 0 Å². The number of rotatable bonds is 5. The van der Waals surface area contributed by atoms with Crippen LogP contribution in [-0.4, -0.2) is 29.6 Å². The van der Waals surface area contributed by atoms with Crippen molar-refractivity contribution < 1.29 is 9.53 Å². The Morgan fingerprint density at radius 3 is 2.71 bits per heavy atom. The molecule has 0 heterocycles. The van der Waals surface area contributed by atoms with E-state index in [1.54, 1.807) is 7.11 Å². The highest BCUT2D eigenvalue weighted by Crippen LogP contribution is 2.26. The first-order valence-electron chi connectivity index (χ1n) is 5.99. The Morgan fingerprint density at radius 1 is 1.53 bits per heavy atom. The summed E-state index contributed by atoms with van der Waals surface area (Å²) in [4.78, 5) is 12.4. The van der Waals surface area contributed by atoms with Crippen molar-refractivity contribution in [3.63, 3.8) is 0 Å². The van der Waals surface area contributed by atoms with E-state index in [4.69, 9.17) is 22.7 Å². The molecule has 1 saturated carbocycles. The zero-order valence-corrected chi connectivity index (χ0v) is 11.6. The topological polar surface area (TPSA) is 64.3 Å². The summed E-state index contributed by atoms with van der Waals surface area (Å²) in [5.41, 5.74) is 5.24. The minimum Gasteiger partial charge on any atom is -0.393 e. The van der Waals surface area contributed by atoms with E-state index < -0.39 is 5.60 Å². The van der Waals surface area contributed by atoms with Gasteiger partial charge in [-0.2, -0.15) is 0 Å². The van der Waals surface area contributed by atoms with Crippen molar-refractivity contribution in [2.75, 3.05) is 7.11 Å². The van der Waals surface area contributed by atoms with E-state index in [0.717, 1.165) is 19.3 Å². The van der Waals surface area contributed by atoms with Gasteiger partial charge in [0, 0.05) is 19.1 Å². The average Bonchev–Trinajstić information content (AvgIpc) is 2.65. The lowest BCUT2D eigenvalue weighted by Gasteiger charge is -2.25. The van der Waals surface area contributed by atoms with Crippen LogP contribution in [0, 0.1) is 5.92 Å².